The molecule has 0 fully saturated rings. The van der Waals surface area contributed by atoms with Crippen molar-refractivity contribution in [1.29, 1.82) is 10.5 Å². The van der Waals surface area contributed by atoms with Crippen molar-refractivity contribution in [2.24, 2.45) is 0 Å². The standard InChI is InChI=1S/C68H38N4S2/c69-39-55-61(43-21-9-3-10-22-43)56(40-70)64(72-58-28-16-14-26-48(58)50-32-34-52-54-38-46(42-19-7-2-8-20-42)30-36-60(54)74-68(52)66(50)72)62(44-23-11-4-12-24-44)63(55)71-57-27-15-13-25-47(57)49-31-33-51-53-37-45(41-17-5-1-6-18-41)29-35-59(53)73-67(51)65(49)71/h1-38H. The monoisotopic (exact) mass is 974 g/mol. The molecule has 15 rings (SSSR count). The summed E-state index contributed by atoms with van der Waals surface area (Å²) in [6.45, 7) is 0. The summed E-state index contributed by atoms with van der Waals surface area (Å²) in [6, 6.07) is 87.1. The molecular weight excluding hydrogens is 937 g/mol. The molecule has 15 aromatic rings. The molecular formula is C68H38N4S2. The largest absolute Gasteiger partial charge is 0.306 e. The molecule has 0 saturated heterocycles. The maximum atomic E-state index is 12.1. The number of hydrogen-bond acceptors (Lipinski definition) is 4. The number of thiophene rings is 2. The van der Waals surface area contributed by atoms with Gasteiger partial charge in [-0.15, -0.1) is 22.7 Å². The third kappa shape index (κ3) is 6.11. The molecule has 6 heteroatoms. The van der Waals surface area contributed by atoms with Crippen LogP contribution in [0, 0.1) is 22.7 Å². The lowest BCUT2D eigenvalue weighted by atomic mass is 9.86. The van der Waals surface area contributed by atoms with Gasteiger partial charge in [-0.1, -0.05) is 194 Å². The number of hydrogen-bond donors (Lipinski definition) is 0. The normalized spacial score (nSPS) is 11.8. The van der Waals surface area contributed by atoms with Crippen molar-refractivity contribution >= 4 is 107 Å². The van der Waals surface area contributed by atoms with Crippen LogP contribution in [0.25, 0.3) is 140 Å². The fraction of sp³-hybridized carbons (Fsp3) is 0. The summed E-state index contributed by atoms with van der Waals surface area (Å²) in [6.07, 6.45) is 0. The first-order valence-electron chi connectivity index (χ1n) is 24.7. The maximum Gasteiger partial charge on any atom is 0.102 e. The van der Waals surface area contributed by atoms with Gasteiger partial charge in [-0.25, -0.2) is 0 Å². The minimum Gasteiger partial charge on any atom is -0.306 e. The summed E-state index contributed by atoms with van der Waals surface area (Å²) in [7, 11) is 0. The number of rotatable bonds is 6. The molecule has 0 unspecified atom stereocenters. The van der Waals surface area contributed by atoms with E-state index in [0.717, 1.165) is 103 Å². The number of nitriles is 2. The first-order chi connectivity index (χ1) is 36.7. The molecule has 4 nitrogen and oxygen atoms in total. The molecule has 0 aliphatic carbocycles. The van der Waals surface area contributed by atoms with E-state index < -0.39 is 0 Å². The fourth-order valence-corrected chi connectivity index (χ4v) is 14.3. The minimum absolute atomic E-state index is 0.434. The van der Waals surface area contributed by atoms with Gasteiger partial charge in [0.15, 0.2) is 0 Å². The Morgan fingerprint density at radius 3 is 1.08 bits per heavy atom. The Hall–Kier alpha value is -9.56. The second-order valence-corrected chi connectivity index (χ2v) is 21.0. The Labute approximate surface area is 433 Å². The van der Waals surface area contributed by atoms with Crippen LogP contribution in [0.5, 0.6) is 0 Å². The Bertz CT molecular complexity index is 4620. The molecule has 0 bridgehead atoms. The quantitative estimate of drug-likeness (QED) is 0.167. The molecule has 0 atom stereocenters. The van der Waals surface area contributed by atoms with Crippen LogP contribution in [0.2, 0.25) is 0 Å². The first kappa shape index (κ1) is 42.2. The van der Waals surface area contributed by atoms with Crippen LogP contribution in [0.4, 0.5) is 0 Å². The van der Waals surface area contributed by atoms with E-state index >= 15 is 0 Å². The van der Waals surface area contributed by atoms with Gasteiger partial charge in [0.25, 0.3) is 0 Å². The molecule has 0 aliphatic heterocycles. The number of benzene rings is 11. The summed E-state index contributed by atoms with van der Waals surface area (Å²) in [4.78, 5) is 0. The summed E-state index contributed by atoms with van der Waals surface area (Å²) in [5, 5.41) is 33.2. The van der Waals surface area contributed by atoms with Crippen molar-refractivity contribution in [3.63, 3.8) is 0 Å². The lowest BCUT2D eigenvalue weighted by molar-refractivity contribution is 1.13. The molecule has 342 valence electrons. The van der Waals surface area contributed by atoms with E-state index in [4.69, 9.17) is 0 Å². The highest BCUT2D eigenvalue weighted by atomic mass is 32.1. The van der Waals surface area contributed by atoms with E-state index in [2.05, 4.69) is 215 Å². The van der Waals surface area contributed by atoms with E-state index in [-0.39, 0.29) is 0 Å². The Morgan fingerprint density at radius 2 is 0.662 bits per heavy atom. The second kappa shape index (κ2) is 16.5. The van der Waals surface area contributed by atoms with Gasteiger partial charge >= 0.3 is 0 Å². The zero-order valence-electron chi connectivity index (χ0n) is 39.5. The molecule has 4 aromatic heterocycles. The third-order valence-electron chi connectivity index (χ3n) is 15.0. The van der Waals surface area contributed by atoms with Crippen LogP contribution in [0.15, 0.2) is 231 Å². The fourth-order valence-electron chi connectivity index (χ4n) is 11.8. The van der Waals surface area contributed by atoms with Gasteiger partial charge in [0.2, 0.25) is 0 Å². The van der Waals surface area contributed by atoms with Gasteiger partial charge < -0.3 is 9.13 Å². The highest BCUT2D eigenvalue weighted by Crippen LogP contribution is 2.52. The average molecular weight is 975 g/mol. The molecule has 0 radical (unpaired) electrons. The smallest absolute Gasteiger partial charge is 0.102 e. The molecule has 74 heavy (non-hydrogen) atoms. The second-order valence-electron chi connectivity index (χ2n) is 18.9. The molecule has 0 N–H and O–H groups in total. The van der Waals surface area contributed by atoms with Crippen molar-refractivity contribution in [1.82, 2.24) is 9.13 Å². The van der Waals surface area contributed by atoms with Crippen molar-refractivity contribution in [3.8, 4) is 68.0 Å². The van der Waals surface area contributed by atoms with Crippen molar-refractivity contribution in [2.45, 2.75) is 0 Å². The number of para-hydroxylation sites is 2. The van der Waals surface area contributed by atoms with Gasteiger partial charge in [-0.05, 0) is 69.8 Å². The zero-order chi connectivity index (χ0) is 49.0. The SMILES string of the molecule is N#Cc1c(-c2ccccc2)c(C#N)c(-n2c3ccccc3c3ccc4c5cc(-c6ccccc6)ccc5sc4c32)c(-c2ccccc2)c1-n1c2ccccc2c2ccc3c4cc(-c5ccccc5)ccc4sc3c21. The predicted molar refractivity (Wildman–Crippen MR) is 312 cm³/mol. The van der Waals surface area contributed by atoms with Crippen LogP contribution in [0.1, 0.15) is 11.1 Å². The average Bonchev–Trinajstić information content (AvgIpc) is 4.24. The van der Waals surface area contributed by atoms with E-state index in [9.17, 15) is 10.5 Å². The first-order valence-corrected chi connectivity index (χ1v) is 26.3. The third-order valence-corrected chi connectivity index (χ3v) is 17.4. The molecule has 0 amide bonds. The summed E-state index contributed by atoms with van der Waals surface area (Å²) in [5.74, 6) is 0. The molecule has 4 heterocycles. The highest BCUT2D eigenvalue weighted by Gasteiger charge is 2.33. The number of aromatic nitrogens is 2. The van der Waals surface area contributed by atoms with Crippen LogP contribution >= 0.6 is 22.7 Å². The van der Waals surface area contributed by atoms with Gasteiger partial charge in [0, 0.05) is 63.6 Å². The molecule has 0 aliphatic rings. The van der Waals surface area contributed by atoms with E-state index in [1.807, 2.05) is 36.4 Å². The van der Waals surface area contributed by atoms with Crippen molar-refractivity contribution in [2.75, 3.05) is 0 Å². The van der Waals surface area contributed by atoms with Crippen LogP contribution < -0.4 is 0 Å². The van der Waals surface area contributed by atoms with Crippen LogP contribution in [0.3, 0.4) is 0 Å². The van der Waals surface area contributed by atoms with Gasteiger partial charge in [-0.2, -0.15) is 10.5 Å². The van der Waals surface area contributed by atoms with Crippen molar-refractivity contribution in [3.05, 3.63) is 242 Å². The summed E-state index contributed by atoms with van der Waals surface area (Å²) in [5.41, 5.74) is 14.1. The minimum atomic E-state index is 0.434. The number of nitrogens with zero attached hydrogens (tertiary/aromatic N) is 4. The molecule has 0 saturated carbocycles. The van der Waals surface area contributed by atoms with Gasteiger partial charge in [-0.3, -0.25) is 0 Å². The summed E-state index contributed by atoms with van der Waals surface area (Å²) >= 11 is 3.58. The summed E-state index contributed by atoms with van der Waals surface area (Å²) < 4.78 is 9.37. The molecule has 0 spiro atoms. The topological polar surface area (TPSA) is 57.4 Å². The predicted octanol–water partition coefficient (Wildman–Crippen LogP) is 19.0. The number of fused-ring (bicyclic) bond motifs is 14. The lowest BCUT2D eigenvalue weighted by Crippen LogP contribution is -2.11. The van der Waals surface area contributed by atoms with Gasteiger partial charge in [0.1, 0.15) is 12.1 Å². The zero-order valence-corrected chi connectivity index (χ0v) is 41.2. The maximum absolute atomic E-state index is 12.1. The van der Waals surface area contributed by atoms with Crippen LogP contribution in [-0.2, 0) is 0 Å². The Balaban J connectivity index is 1.16. The lowest BCUT2D eigenvalue weighted by Gasteiger charge is -2.25. The van der Waals surface area contributed by atoms with Gasteiger partial charge in [0.05, 0.1) is 54.0 Å². The van der Waals surface area contributed by atoms with E-state index in [1.165, 1.54) is 31.3 Å². The highest BCUT2D eigenvalue weighted by molar-refractivity contribution is 7.27. The van der Waals surface area contributed by atoms with E-state index in [1.54, 1.807) is 22.7 Å². The van der Waals surface area contributed by atoms with Crippen molar-refractivity contribution < 1.29 is 0 Å². The van der Waals surface area contributed by atoms with Crippen LogP contribution in [-0.4, -0.2) is 9.13 Å². The Morgan fingerprint density at radius 1 is 0.297 bits per heavy atom. The Kier molecular flexibility index (Phi) is 9.40. The van der Waals surface area contributed by atoms with E-state index in [0.29, 0.717) is 16.7 Å². The molecule has 11 aromatic carbocycles.